The molecule has 4 atom stereocenters. The van der Waals surface area contributed by atoms with Gasteiger partial charge in [0.05, 0.1) is 5.92 Å². The van der Waals surface area contributed by atoms with Crippen molar-refractivity contribution in [2.24, 2.45) is 17.6 Å². The Morgan fingerprint density at radius 2 is 2.05 bits per heavy atom. The third kappa shape index (κ3) is 3.29. The number of aliphatic hydroxyl groups is 1. The number of nitrogens with zero attached hydrogens (tertiary/aromatic N) is 1. The van der Waals surface area contributed by atoms with E-state index in [9.17, 15) is 4.79 Å². The molecule has 0 aromatic rings. The first-order chi connectivity index (χ1) is 9.15. The van der Waals surface area contributed by atoms with E-state index in [0.29, 0.717) is 12.3 Å². The van der Waals surface area contributed by atoms with Crippen LogP contribution >= 0.6 is 0 Å². The lowest BCUT2D eigenvalue weighted by atomic mass is 9.76. The molecule has 2 rings (SSSR count). The van der Waals surface area contributed by atoms with Crippen LogP contribution in [0.15, 0.2) is 0 Å². The highest BCUT2D eigenvalue weighted by Crippen LogP contribution is 2.32. The summed E-state index contributed by atoms with van der Waals surface area (Å²) in [7, 11) is 0. The molecule has 1 saturated carbocycles. The quantitative estimate of drug-likeness (QED) is 0.815. The van der Waals surface area contributed by atoms with Crippen LogP contribution in [0.1, 0.15) is 51.9 Å². The maximum absolute atomic E-state index is 12.8. The fourth-order valence-electron chi connectivity index (χ4n) is 3.81. The number of hydrogen-bond donors (Lipinski definition) is 2. The minimum absolute atomic E-state index is 0.00644. The normalized spacial score (nSPS) is 36.3. The van der Waals surface area contributed by atoms with Crippen LogP contribution < -0.4 is 5.73 Å². The van der Waals surface area contributed by atoms with Crippen LogP contribution in [0.3, 0.4) is 0 Å². The van der Waals surface area contributed by atoms with Gasteiger partial charge in [-0.25, -0.2) is 0 Å². The number of nitrogens with two attached hydrogens (primary N) is 1. The van der Waals surface area contributed by atoms with E-state index in [-0.39, 0.29) is 30.5 Å². The number of piperidine rings is 1. The third-order valence-electron chi connectivity index (χ3n) is 4.93. The Morgan fingerprint density at radius 1 is 1.26 bits per heavy atom. The summed E-state index contributed by atoms with van der Waals surface area (Å²) in [5, 5.41) is 9.17. The zero-order valence-corrected chi connectivity index (χ0v) is 12.1. The summed E-state index contributed by atoms with van der Waals surface area (Å²) in [5.74, 6) is 0.638. The van der Waals surface area contributed by atoms with Crippen LogP contribution in [0.25, 0.3) is 0 Å². The van der Waals surface area contributed by atoms with E-state index in [4.69, 9.17) is 10.8 Å². The minimum atomic E-state index is -0.00644. The van der Waals surface area contributed by atoms with Gasteiger partial charge >= 0.3 is 0 Å². The second kappa shape index (κ2) is 6.71. The Bertz CT molecular complexity index is 297. The fraction of sp³-hybridized carbons (Fsp3) is 0.933. The molecule has 0 radical (unpaired) electrons. The fourth-order valence-corrected chi connectivity index (χ4v) is 3.81. The number of amides is 1. The predicted octanol–water partition coefficient (Wildman–Crippen LogP) is 1.51. The van der Waals surface area contributed by atoms with Crippen molar-refractivity contribution in [1.29, 1.82) is 0 Å². The first-order valence-corrected chi connectivity index (χ1v) is 7.82. The third-order valence-corrected chi connectivity index (χ3v) is 4.93. The van der Waals surface area contributed by atoms with Crippen molar-refractivity contribution in [1.82, 2.24) is 4.90 Å². The Morgan fingerprint density at radius 3 is 2.74 bits per heavy atom. The summed E-state index contributed by atoms with van der Waals surface area (Å²) >= 11 is 0. The molecule has 2 fully saturated rings. The highest BCUT2D eigenvalue weighted by molar-refractivity contribution is 5.80. The number of aliphatic hydroxyl groups excluding tert-OH is 1. The van der Waals surface area contributed by atoms with Crippen molar-refractivity contribution in [2.45, 2.75) is 64.0 Å². The lowest BCUT2D eigenvalue weighted by molar-refractivity contribution is -0.143. The average molecular weight is 268 g/mol. The Balaban J connectivity index is 2.07. The number of rotatable bonds is 3. The molecule has 1 aliphatic carbocycles. The monoisotopic (exact) mass is 268 g/mol. The summed E-state index contributed by atoms with van der Waals surface area (Å²) in [6.45, 7) is 3.17. The van der Waals surface area contributed by atoms with Crippen molar-refractivity contribution < 1.29 is 9.90 Å². The first kappa shape index (κ1) is 14.8. The Hall–Kier alpha value is -0.610. The molecule has 19 heavy (non-hydrogen) atoms. The summed E-state index contributed by atoms with van der Waals surface area (Å²) in [5.41, 5.74) is 6.20. The smallest absolute Gasteiger partial charge is 0.227 e. The zero-order chi connectivity index (χ0) is 13.8. The topological polar surface area (TPSA) is 66.6 Å². The van der Waals surface area contributed by atoms with Gasteiger partial charge < -0.3 is 15.7 Å². The van der Waals surface area contributed by atoms with Gasteiger partial charge in [-0.05, 0) is 44.4 Å². The van der Waals surface area contributed by atoms with Gasteiger partial charge in [-0.1, -0.05) is 13.3 Å². The first-order valence-electron chi connectivity index (χ1n) is 7.82. The van der Waals surface area contributed by atoms with Crippen molar-refractivity contribution in [2.75, 3.05) is 13.2 Å². The molecule has 1 heterocycles. The number of likely N-dealkylation sites (tertiary alicyclic amines) is 1. The van der Waals surface area contributed by atoms with E-state index in [0.717, 1.165) is 38.6 Å². The van der Waals surface area contributed by atoms with E-state index in [1.54, 1.807) is 0 Å². The van der Waals surface area contributed by atoms with Gasteiger partial charge in [0.2, 0.25) is 5.91 Å². The molecule has 4 heteroatoms. The second-order valence-corrected chi connectivity index (χ2v) is 6.29. The van der Waals surface area contributed by atoms with Crippen molar-refractivity contribution >= 4 is 5.91 Å². The standard InChI is InChI=1S/C15H28N2O2/c1-11-5-4-7-13(16)14(11)15(19)17-9-3-2-6-12(17)8-10-18/h11-14,18H,2-10,16H2,1H3. The highest BCUT2D eigenvalue weighted by atomic mass is 16.3. The van der Waals surface area contributed by atoms with Gasteiger partial charge in [0.25, 0.3) is 0 Å². The van der Waals surface area contributed by atoms with Gasteiger partial charge in [-0.2, -0.15) is 0 Å². The molecule has 0 spiro atoms. The molecule has 3 N–H and O–H groups in total. The van der Waals surface area contributed by atoms with Crippen LogP contribution in [-0.4, -0.2) is 41.1 Å². The highest BCUT2D eigenvalue weighted by Gasteiger charge is 2.38. The number of hydrogen-bond acceptors (Lipinski definition) is 3. The lowest BCUT2D eigenvalue weighted by Crippen LogP contribution is -2.53. The van der Waals surface area contributed by atoms with Gasteiger partial charge in [0.1, 0.15) is 0 Å². The largest absolute Gasteiger partial charge is 0.396 e. The molecular weight excluding hydrogens is 240 g/mol. The van der Waals surface area contributed by atoms with Crippen molar-refractivity contribution in [3.63, 3.8) is 0 Å². The molecule has 1 saturated heterocycles. The van der Waals surface area contributed by atoms with E-state index < -0.39 is 0 Å². The average Bonchev–Trinajstić information content (AvgIpc) is 2.39. The molecule has 4 nitrogen and oxygen atoms in total. The van der Waals surface area contributed by atoms with Gasteiger partial charge in [0.15, 0.2) is 0 Å². The Labute approximate surface area is 116 Å². The summed E-state index contributed by atoms with van der Waals surface area (Å²) in [6, 6.07) is 0.250. The summed E-state index contributed by atoms with van der Waals surface area (Å²) in [6.07, 6.45) is 7.23. The van der Waals surface area contributed by atoms with Gasteiger partial charge in [-0.3, -0.25) is 4.79 Å². The van der Waals surface area contributed by atoms with E-state index in [2.05, 4.69) is 6.92 Å². The van der Waals surface area contributed by atoms with Gasteiger partial charge in [-0.15, -0.1) is 0 Å². The molecule has 0 bridgehead atoms. The van der Waals surface area contributed by atoms with Crippen molar-refractivity contribution in [3.05, 3.63) is 0 Å². The SMILES string of the molecule is CC1CCCC(N)C1C(=O)N1CCCCC1CCO. The molecule has 0 aromatic heterocycles. The Kier molecular flexibility index (Phi) is 5.22. The number of carbonyl (C=O) groups excluding carboxylic acids is 1. The van der Waals surface area contributed by atoms with Crippen LogP contribution in [-0.2, 0) is 4.79 Å². The van der Waals surface area contributed by atoms with E-state index in [1.165, 1.54) is 6.42 Å². The molecule has 2 aliphatic rings. The van der Waals surface area contributed by atoms with E-state index in [1.807, 2.05) is 4.90 Å². The minimum Gasteiger partial charge on any atom is -0.396 e. The van der Waals surface area contributed by atoms with Gasteiger partial charge in [0, 0.05) is 25.2 Å². The maximum Gasteiger partial charge on any atom is 0.227 e. The van der Waals surface area contributed by atoms with Crippen molar-refractivity contribution in [3.8, 4) is 0 Å². The number of carbonyl (C=O) groups is 1. The predicted molar refractivity (Wildman–Crippen MR) is 75.5 cm³/mol. The lowest BCUT2D eigenvalue weighted by Gasteiger charge is -2.42. The van der Waals surface area contributed by atoms with Crippen LogP contribution in [0.2, 0.25) is 0 Å². The molecular formula is C15H28N2O2. The molecule has 1 aliphatic heterocycles. The second-order valence-electron chi connectivity index (χ2n) is 6.29. The maximum atomic E-state index is 12.8. The van der Waals surface area contributed by atoms with E-state index >= 15 is 0 Å². The molecule has 110 valence electrons. The molecule has 1 amide bonds. The summed E-state index contributed by atoms with van der Waals surface area (Å²) < 4.78 is 0. The van der Waals surface area contributed by atoms with Crippen LogP contribution in [0.5, 0.6) is 0 Å². The van der Waals surface area contributed by atoms with Crippen LogP contribution in [0, 0.1) is 11.8 Å². The molecule has 4 unspecified atom stereocenters. The summed E-state index contributed by atoms with van der Waals surface area (Å²) in [4.78, 5) is 14.8. The molecule has 0 aromatic carbocycles. The van der Waals surface area contributed by atoms with Crippen LogP contribution in [0.4, 0.5) is 0 Å². The zero-order valence-electron chi connectivity index (χ0n) is 12.1.